The zero-order valence-electron chi connectivity index (χ0n) is 11.3. The molecule has 2 aliphatic rings. The molecule has 0 radical (unpaired) electrons. The van der Waals surface area contributed by atoms with Crippen LogP contribution in [0.3, 0.4) is 0 Å². The number of imide groups is 1. The van der Waals surface area contributed by atoms with Crippen LogP contribution >= 0.6 is 0 Å². The zero-order chi connectivity index (χ0) is 14.0. The second-order valence-corrected chi connectivity index (χ2v) is 5.52. The van der Waals surface area contributed by atoms with Gasteiger partial charge in [0.25, 0.3) is 5.91 Å². The van der Waals surface area contributed by atoms with Crippen molar-refractivity contribution in [1.82, 2.24) is 20.9 Å². The molecule has 4 amide bonds. The molecule has 0 aromatic heterocycles. The van der Waals surface area contributed by atoms with Crippen molar-refractivity contribution >= 4 is 17.8 Å². The number of nitrogens with one attached hydrogen (secondary N) is 3. The maximum atomic E-state index is 11.9. The average molecular weight is 268 g/mol. The van der Waals surface area contributed by atoms with Crippen LogP contribution in [0.25, 0.3) is 0 Å². The Morgan fingerprint density at radius 3 is 2.74 bits per heavy atom. The van der Waals surface area contributed by atoms with E-state index >= 15 is 0 Å². The fourth-order valence-corrected chi connectivity index (χ4v) is 2.36. The van der Waals surface area contributed by atoms with E-state index in [1.165, 1.54) is 4.90 Å². The summed E-state index contributed by atoms with van der Waals surface area (Å²) >= 11 is 0. The van der Waals surface area contributed by atoms with Crippen LogP contribution in [0.1, 0.15) is 26.7 Å². The Bertz CT molecular complexity index is 402. The molecule has 106 valence electrons. The lowest BCUT2D eigenvalue weighted by molar-refractivity contribution is -0.127. The van der Waals surface area contributed by atoms with Crippen LogP contribution in [-0.4, -0.2) is 54.0 Å². The number of piperidine rings is 1. The second kappa shape index (κ2) is 5.16. The van der Waals surface area contributed by atoms with E-state index in [4.69, 9.17) is 0 Å². The zero-order valence-corrected chi connectivity index (χ0v) is 11.3. The molecule has 2 fully saturated rings. The van der Waals surface area contributed by atoms with Gasteiger partial charge in [-0.1, -0.05) is 0 Å². The predicted octanol–water partition coefficient (Wildman–Crippen LogP) is -0.815. The lowest BCUT2D eigenvalue weighted by atomic mass is 10.0. The van der Waals surface area contributed by atoms with Gasteiger partial charge in [-0.15, -0.1) is 0 Å². The molecule has 0 aromatic rings. The minimum Gasteiger partial charge on any atom is -0.351 e. The van der Waals surface area contributed by atoms with E-state index in [1.54, 1.807) is 13.8 Å². The van der Waals surface area contributed by atoms with E-state index in [2.05, 4.69) is 16.0 Å². The lowest BCUT2D eigenvalue weighted by Gasteiger charge is -2.29. The van der Waals surface area contributed by atoms with Crippen molar-refractivity contribution in [2.75, 3.05) is 19.6 Å². The molecule has 0 aromatic carbocycles. The third-order valence-electron chi connectivity index (χ3n) is 3.66. The number of rotatable bonds is 3. The van der Waals surface area contributed by atoms with Gasteiger partial charge >= 0.3 is 6.03 Å². The third kappa shape index (κ3) is 2.86. The molecular formula is C12H20N4O3. The van der Waals surface area contributed by atoms with Gasteiger partial charge in [-0.05, 0) is 33.2 Å². The Kier molecular flexibility index (Phi) is 3.75. The summed E-state index contributed by atoms with van der Waals surface area (Å²) in [6, 6.07) is -0.405. The van der Waals surface area contributed by atoms with Crippen LogP contribution in [0.2, 0.25) is 0 Å². The number of amides is 4. The van der Waals surface area contributed by atoms with Gasteiger partial charge in [0, 0.05) is 12.6 Å². The van der Waals surface area contributed by atoms with E-state index < -0.39 is 11.6 Å². The largest absolute Gasteiger partial charge is 0.351 e. The summed E-state index contributed by atoms with van der Waals surface area (Å²) in [5.41, 5.74) is -0.973. The van der Waals surface area contributed by atoms with Gasteiger partial charge in [0.1, 0.15) is 12.1 Å². The average Bonchev–Trinajstić information content (AvgIpc) is 2.53. The van der Waals surface area contributed by atoms with Crippen LogP contribution in [0.4, 0.5) is 4.79 Å². The SMILES string of the molecule is CC1(C)C(=O)NC(=O)N1CC(=O)N[C@H]1CCCNC1. The number of nitrogens with zero attached hydrogens (tertiary/aromatic N) is 1. The summed E-state index contributed by atoms with van der Waals surface area (Å²) in [5.74, 6) is -0.601. The van der Waals surface area contributed by atoms with Crippen LogP contribution < -0.4 is 16.0 Å². The Labute approximate surface area is 112 Å². The molecule has 1 atom stereocenters. The van der Waals surface area contributed by atoms with Crippen LogP contribution in [0, 0.1) is 0 Å². The van der Waals surface area contributed by atoms with Crippen LogP contribution in [0.5, 0.6) is 0 Å². The molecule has 19 heavy (non-hydrogen) atoms. The molecule has 7 nitrogen and oxygen atoms in total. The fraction of sp³-hybridized carbons (Fsp3) is 0.750. The summed E-state index contributed by atoms with van der Waals surface area (Å²) in [6.45, 7) is 4.88. The first-order valence-electron chi connectivity index (χ1n) is 6.54. The lowest BCUT2D eigenvalue weighted by Crippen LogP contribution is -2.52. The molecule has 3 N–H and O–H groups in total. The molecule has 2 aliphatic heterocycles. The van der Waals surface area contributed by atoms with Crippen molar-refractivity contribution in [2.24, 2.45) is 0 Å². The number of carbonyl (C=O) groups is 3. The summed E-state index contributed by atoms with van der Waals surface area (Å²) in [6.07, 6.45) is 1.96. The Morgan fingerprint density at radius 2 is 2.21 bits per heavy atom. The van der Waals surface area contributed by atoms with E-state index in [-0.39, 0.29) is 24.4 Å². The van der Waals surface area contributed by atoms with E-state index in [1.807, 2.05) is 0 Å². The smallest absolute Gasteiger partial charge is 0.325 e. The summed E-state index contributed by atoms with van der Waals surface area (Å²) in [4.78, 5) is 36.4. The normalized spacial score (nSPS) is 26.2. The Morgan fingerprint density at radius 1 is 1.47 bits per heavy atom. The Balaban J connectivity index is 1.91. The van der Waals surface area contributed by atoms with Gasteiger partial charge in [-0.25, -0.2) is 4.79 Å². The second-order valence-electron chi connectivity index (χ2n) is 5.52. The number of carbonyl (C=O) groups excluding carboxylic acids is 3. The molecule has 0 aliphatic carbocycles. The standard InChI is InChI=1S/C12H20N4O3/c1-12(2)10(18)15-11(19)16(12)7-9(17)14-8-4-3-5-13-6-8/h8,13H,3-7H2,1-2H3,(H,14,17)(H,15,18,19)/t8-/m0/s1. The fourth-order valence-electron chi connectivity index (χ4n) is 2.36. The first-order chi connectivity index (χ1) is 8.91. The summed E-state index contributed by atoms with van der Waals surface area (Å²) < 4.78 is 0. The van der Waals surface area contributed by atoms with E-state index in [0.29, 0.717) is 0 Å². The first kappa shape index (κ1) is 13.8. The molecule has 2 rings (SSSR count). The van der Waals surface area contributed by atoms with Crippen molar-refractivity contribution in [1.29, 1.82) is 0 Å². The molecule has 2 heterocycles. The van der Waals surface area contributed by atoms with Crippen molar-refractivity contribution in [3.05, 3.63) is 0 Å². The molecule has 7 heteroatoms. The van der Waals surface area contributed by atoms with Gasteiger partial charge in [-0.3, -0.25) is 14.9 Å². The predicted molar refractivity (Wildman–Crippen MR) is 68.4 cm³/mol. The maximum Gasteiger partial charge on any atom is 0.325 e. The van der Waals surface area contributed by atoms with Crippen molar-refractivity contribution < 1.29 is 14.4 Å². The number of hydrogen-bond donors (Lipinski definition) is 3. The Hall–Kier alpha value is -1.63. The van der Waals surface area contributed by atoms with Gasteiger partial charge in [0.05, 0.1) is 0 Å². The van der Waals surface area contributed by atoms with Crippen LogP contribution in [0.15, 0.2) is 0 Å². The van der Waals surface area contributed by atoms with E-state index in [9.17, 15) is 14.4 Å². The van der Waals surface area contributed by atoms with Crippen molar-refractivity contribution in [3.8, 4) is 0 Å². The summed E-state index contributed by atoms with van der Waals surface area (Å²) in [7, 11) is 0. The summed E-state index contributed by atoms with van der Waals surface area (Å²) in [5, 5.41) is 8.31. The third-order valence-corrected chi connectivity index (χ3v) is 3.66. The monoisotopic (exact) mass is 268 g/mol. The molecule has 0 unspecified atom stereocenters. The molecule has 0 spiro atoms. The number of hydrogen-bond acceptors (Lipinski definition) is 4. The van der Waals surface area contributed by atoms with Gasteiger partial charge in [0.15, 0.2) is 0 Å². The van der Waals surface area contributed by atoms with Crippen molar-refractivity contribution in [2.45, 2.75) is 38.3 Å². The minimum atomic E-state index is -0.973. The van der Waals surface area contributed by atoms with Gasteiger partial charge in [-0.2, -0.15) is 0 Å². The molecule has 2 saturated heterocycles. The maximum absolute atomic E-state index is 11.9. The van der Waals surface area contributed by atoms with Gasteiger partial charge < -0.3 is 15.5 Å². The first-order valence-corrected chi connectivity index (χ1v) is 6.54. The molecule has 0 saturated carbocycles. The molecular weight excluding hydrogens is 248 g/mol. The van der Waals surface area contributed by atoms with Gasteiger partial charge in [0.2, 0.25) is 5.91 Å². The minimum absolute atomic E-state index is 0.0962. The number of urea groups is 1. The van der Waals surface area contributed by atoms with E-state index in [0.717, 1.165) is 25.9 Å². The quantitative estimate of drug-likeness (QED) is 0.584. The highest BCUT2D eigenvalue weighted by molar-refractivity contribution is 6.07. The highest BCUT2D eigenvalue weighted by Gasteiger charge is 2.46. The van der Waals surface area contributed by atoms with Crippen molar-refractivity contribution in [3.63, 3.8) is 0 Å². The molecule has 0 bridgehead atoms. The van der Waals surface area contributed by atoms with Crippen LogP contribution in [-0.2, 0) is 9.59 Å². The topological polar surface area (TPSA) is 90.5 Å². The highest BCUT2D eigenvalue weighted by atomic mass is 16.2. The highest BCUT2D eigenvalue weighted by Crippen LogP contribution is 2.20.